The number of carboxylic acid groups (broad SMARTS) is 1. The number of hydrogen-bond donors (Lipinski definition) is 2. The standard InChI is InChI=1S/C15H17FN2O4S/c1-15(17,14(21)22)8-23-9(6-16)7-18-12(19)10-4-2-3-5-11(10)13(18)20/h2-5,9H,6-8,17H2,1H3,(H,21,22)/t9-,15+/m1/s1. The number of nitrogens with two attached hydrogens (primary N) is 1. The first kappa shape index (κ1) is 17.4. The predicted octanol–water partition coefficient (Wildman–Crippen LogP) is 1.16. The fourth-order valence-electron chi connectivity index (χ4n) is 2.11. The summed E-state index contributed by atoms with van der Waals surface area (Å²) in [5.41, 5.74) is 4.70. The normalized spacial score (nSPS) is 17.8. The third kappa shape index (κ3) is 3.53. The highest BCUT2D eigenvalue weighted by molar-refractivity contribution is 8.00. The molecule has 23 heavy (non-hydrogen) atoms. The minimum atomic E-state index is -1.50. The first-order valence-corrected chi connectivity index (χ1v) is 7.98. The molecule has 1 aromatic carbocycles. The van der Waals surface area contributed by atoms with E-state index < -0.39 is 35.2 Å². The van der Waals surface area contributed by atoms with Gasteiger partial charge in [-0.25, -0.2) is 4.39 Å². The van der Waals surface area contributed by atoms with Crippen molar-refractivity contribution in [3.8, 4) is 0 Å². The maximum atomic E-state index is 13.2. The Morgan fingerprint density at radius 1 is 1.35 bits per heavy atom. The van der Waals surface area contributed by atoms with Gasteiger partial charge in [-0.15, -0.1) is 0 Å². The van der Waals surface area contributed by atoms with Crippen molar-refractivity contribution >= 4 is 29.5 Å². The molecular formula is C15H17FN2O4S. The summed E-state index contributed by atoms with van der Waals surface area (Å²) in [5, 5.41) is 8.24. The van der Waals surface area contributed by atoms with Crippen molar-refractivity contribution in [2.75, 3.05) is 19.0 Å². The molecule has 0 radical (unpaired) electrons. The van der Waals surface area contributed by atoms with Gasteiger partial charge in [-0.05, 0) is 19.1 Å². The van der Waals surface area contributed by atoms with Gasteiger partial charge >= 0.3 is 5.97 Å². The van der Waals surface area contributed by atoms with E-state index in [1.807, 2.05) is 0 Å². The average molecular weight is 340 g/mol. The molecule has 1 aliphatic heterocycles. The first-order chi connectivity index (χ1) is 10.8. The minimum absolute atomic E-state index is 0.0277. The Morgan fingerprint density at radius 2 is 1.87 bits per heavy atom. The van der Waals surface area contributed by atoms with Crippen molar-refractivity contribution in [3.63, 3.8) is 0 Å². The molecule has 0 saturated heterocycles. The van der Waals surface area contributed by atoms with E-state index in [4.69, 9.17) is 10.8 Å². The quantitative estimate of drug-likeness (QED) is 0.722. The van der Waals surface area contributed by atoms with Gasteiger partial charge in [-0.1, -0.05) is 12.1 Å². The number of carboxylic acids is 1. The number of rotatable bonds is 7. The maximum absolute atomic E-state index is 13.2. The van der Waals surface area contributed by atoms with Crippen molar-refractivity contribution in [2.45, 2.75) is 17.7 Å². The summed E-state index contributed by atoms with van der Waals surface area (Å²) in [5.74, 6) is -2.14. The zero-order valence-electron chi connectivity index (χ0n) is 12.5. The number of carbonyl (C=O) groups excluding carboxylic acids is 2. The molecule has 124 valence electrons. The molecule has 0 fully saturated rings. The van der Waals surface area contributed by atoms with Gasteiger partial charge in [0.15, 0.2) is 0 Å². The van der Waals surface area contributed by atoms with Gasteiger partial charge in [0.2, 0.25) is 0 Å². The van der Waals surface area contributed by atoms with E-state index in [1.165, 1.54) is 6.92 Å². The van der Waals surface area contributed by atoms with Gasteiger partial charge in [0.1, 0.15) is 12.2 Å². The van der Waals surface area contributed by atoms with Gasteiger partial charge in [0.25, 0.3) is 11.8 Å². The zero-order chi connectivity index (χ0) is 17.2. The summed E-state index contributed by atoms with van der Waals surface area (Å²) in [7, 11) is 0. The van der Waals surface area contributed by atoms with E-state index in [9.17, 15) is 18.8 Å². The Bertz CT molecular complexity index is 615. The first-order valence-electron chi connectivity index (χ1n) is 6.93. The molecule has 6 nitrogen and oxygen atoms in total. The highest BCUT2D eigenvalue weighted by atomic mass is 32.2. The number of aliphatic carboxylic acids is 1. The van der Waals surface area contributed by atoms with Crippen LogP contribution in [0.25, 0.3) is 0 Å². The summed E-state index contributed by atoms with van der Waals surface area (Å²) < 4.78 is 13.2. The van der Waals surface area contributed by atoms with E-state index in [-0.39, 0.29) is 12.3 Å². The van der Waals surface area contributed by atoms with Gasteiger partial charge in [-0.3, -0.25) is 19.3 Å². The molecule has 1 aromatic rings. The largest absolute Gasteiger partial charge is 0.480 e. The molecule has 1 heterocycles. The van der Waals surface area contributed by atoms with Crippen molar-refractivity contribution in [1.82, 2.24) is 4.90 Å². The second kappa shape index (κ2) is 6.67. The van der Waals surface area contributed by atoms with Gasteiger partial charge < -0.3 is 10.8 Å². The molecule has 3 N–H and O–H groups in total. The molecule has 2 atom stereocenters. The summed E-state index contributed by atoms with van der Waals surface area (Å²) in [6, 6.07) is 6.41. The van der Waals surface area contributed by atoms with Crippen LogP contribution in [0.2, 0.25) is 0 Å². The van der Waals surface area contributed by atoms with Crippen LogP contribution in [-0.4, -0.2) is 57.6 Å². The lowest BCUT2D eigenvalue weighted by molar-refractivity contribution is -0.141. The number of hydrogen-bond acceptors (Lipinski definition) is 5. The van der Waals surface area contributed by atoms with Crippen LogP contribution in [0.15, 0.2) is 24.3 Å². The molecule has 0 spiro atoms. The molecule has 0 aromatic heterocycles. The minimum Gasteiger partial charge on any atom is -0.480 e. The van der Waals surface area contributed by atoms with Crippen molar-refractivity contribution in [1.29, 1.82) is 0 Å². The summed E-state index contributed by atoms with van der Waals surface area (Å²) in [6.45, 7) is 0.413. The topological polar surface area (TPSA) is 101 Å². The second-order valence-electron chi connectivity index (χ2n) is 5.58. The van der Waals surface area contributed by atoms with Crippen LogP contribution in [0.5, 0.6) is 0 Å². The van der Waals surface area contributed by atoms with Gasteiger partial charge in [-0.2, -0.15) is 11.8 Å². The average Bonchev–Trinajstić information content (AvgIpc) is 2.76. The number of nitrogens with zero attached hydrogens (tertiary/aromatic N) is 1. The van der Waals surface area contributed by atoms with E-state index in [0.717, 1.165) is 16.7 Å². The van der Waals surface area contributed by atoms with Crippen LogP contribution in [0.4, 0.5) is 4.39 Å². The Morgan fingerprint density at radius 3 is 2.30 bits per heavy atom. The number of thioether (sulfide) groups is 1. The molecule has 0 aliphatic carbocycles. The Balaban J connectivity index is 2.05. The Labute approximate surface area is 136 Å². The van der Waals surface area contributed by atoms with Crippen LogP contribution < -0.4 is 5.73 Å². The lowest BCUT2D eigenvalue weighted by Gasteiger charge is -2.24. The number of fused-ring (bicyclic) bond motifs is 1. The second-order valence-corrected chi connectivity index (χ2v) is 6.87. The number of amides is 2. The highest BCUT2D eigenvalue weighted by Gasteiger charge is 2.37. The van der Waals surface area contributed by atoms with E-state index in [1.54, 1.807) is 24.3 Å². The van der Waals surface area contributed by atoms with Gasteiger partial charge in [0.05, 0.1) is 16.4 Å². The monoisotopic (exact) mass is 340 g/mol. The lowest BCUT2D eigenvalue weighted by Crippen LogP contribution is -2.48. The number of halogens is 1. The fraction of sp³-hybridized carbons (Fsp3) is 0.400. The molecule has 2 rings (SSSR count). The van der Waals surface area contributed by atoms with Crippen LogP contribution in [0.3, 0.4) is 0 Å². The Hall–Kier alpha value is -1.93. The van der Waals surface area contributed by atoms with Crippen molar-refractivity contribution < 1.29 is 23.9 Å². The predicted molar refractivity (Wildman–Crippen MR) is 84.3 cm³/mol. The van der Waals surface area contributed by atoms with Crippen LogP contribution in [-0.2, 0) is 4.79 Å². The maximum Gasteiger partial charge on any atom is 0.324 e. The molecule has 2 amide bonds. The van der Waals surface area contributed by atoms with E-state index >= 15 is 0 Å². The molecule has 8 heteroatoms. The Kier molecular flexibility index (Phi) is 5.06. The summed E-state index contributed by atoms with van der Waals surface area (Å²) >= 11 is 1.000. The molecule has 1 aliphatic rings. The number of imide groups is 1. The van der Waals surface area contributed by atoms with Gasteiger partial charge in [0, 0.05) is 12.3 Å². The number of alkyl halides is 1. The van der Waals surface area contributed by atoms with E-state index in [2.05, 4.69) is 0 Å². The fourth-order valence-corrected chi connectivity index (χ4v) is 3.16. The molecule has 0 bridgehead atoms. The smallest absolute Gasteiger partial charge is 0.324 e. The van der Waals surface area contributed by atoms with Crippen LogP contribution in [0, 0.1) is 0 Å². The third-order valence-electron chi connectivity index (χ3n) is 3.54. The number of benzene rings is 1. The summed E-state index contributed by atoms with van der Waals surface area (Å²) in [4.78, 5) is 36.4. The SMILES string of the molecule is C[C@](N)(CS[C@H](CF)CN1C(=O)c2ccccc2C1=O)C(=O)O. The van der Waals surface area contributed by atoms with Crippen molar-refractivity contribution in [2.24, 2.45) is 5.73 Å². The number of carbonyl (C=O) groups is 3. The van der Waals surface area contributed by atoms with Crippen LogP contribution in [0.1, 0.15) is 27.6 Å². The molecule has 0 unspecified atom stereocenters. The molecular weight excluding hydrogens is 323 g/mol. The lowest BCUT2D eigenvalue weighted by atomic mass is 10.1. The van der Waals surface area contributed by atoms with Crippen LogP contribution >= 0.6 is 11.8 Å². The third-order valence-corrected chi connectivity index (χ3v) is 5.06. The summed E-state index contributed by atoms with van der Waals surface area (Å²) in [6.07, 6.45) is 0. The van der Waals surface area contributed by atoms with E-state index in [0.29, 0.717) is 11.1 Å². The zero-order valence-corrected chi connectivity index (χ0v) is 13.3. The highest BCUT2D eigenvalue weighted by Crippen LogP contribution is 2.25. The molecule has 0 saturated carbocycles. The van der Waals surface area contributed by atoms with Crippen molar-refractivity contribution in [3.05, 3.63) is 35.4 Å².